The smallest absolute Gasteiger partial charge is 0.335 e. The zero-order valence-electron chi connectivity index (χ0n) is 19.4. The van der Waals surface area contributed by atoms with Gasteiger partial charge in [-0.05, 0) is 61.4 Å². The number of rotatable bonds is 3. The van der Waals surface area contributed by atoms with Crippen LogP contribution in [0, 0.1) is 5.92 Å². The van der Waals surface area contributed by atoms with E-state index in [1.54, 1.807) is 6.07 Å². The summed E-state index contributed by atoms with van der Waals surface area (Å²) in [6, 6.07) is 13.5. The van der Waals surface area contributed by atoms with E-state index in [1.807, 2.05) is 24.1 Å². The standard InChI is InChI=1S/C28H30N2O4/c1-29-23(28(33)34)14-18-15-30-22-13-17(27(31)32)11-12-21(22)24(16-7-3-2-4-8-16)26(30)20-10-6-5-9-19(20)25(18)29/h5-6,9-13,16,18,23,25H,2-4,7-8,14-15H2,1H3,(H,31,32)(H,33,34)/t18-,23?,25-/m0/s1. The minimum Gasteiger partial charge on any atom is -0.480 e. The highest BCUT2D eigenvalue weighted by Crippen LogP contribution is 2.52. The lowest BCUT2D eigenvalue weighted by Gasteiger charge is -2.27. The number of aromatic nitrogens is 1. The monoisotopic (exact) mass is 458 g/mol. The summed E-state index contributed by atoms with van der Waals surface area (Å²) in [6.07, 6.45) is 6.61. The second kappa shape index (κ2) is 7.98. The Bertz CT molecular complexity index is 1300. The SMILES string of the molecule is CN1C(C(=O)O)C[C@H]2Cn3c(c(C4CCCCC4)c4ccc(C(=O)O)cc43)-c3ccccc3[C@H]21. The van der Waals surface area contributed by atoms with Gasteiger partial charge in [0.2, 0.25) is 0 Å². The highest BCUT2D eigenvalue weighted by atomic mass is 16.4. The van der Waals surface area contributed by atoms with Crippen molar-refractivity contribution in [2.45, 2.75) is 63.1 Å². The van der Waals surface area contributed by atoms with Crippen LogP contribution in [-0.4, -0.2) is 44.7 Å². The van der Waals surface area contributed by atoms with Crippen molar-refractivity contribution in [1.82, 2.24) is 9.47 Å². The summed E-state index contributed by atoms with van der Waals surface area (Å²) in [5, 5.41) is 20.7. The molecular formula is C28H30N2O4. The maximum atomic E-state index is 12.0. The normalized spacial score (nSPS) is 24.9. The molecule has 3 atom stereocenters. The minimum absolute atomic E-state index is 0.0223. The molecule has 0 spiro atoms. The van der Waals surface area contributed by atoms with Crippen LogP contribution >= 0.6 is 0 Å². The third kappa shape index (κ3) is 3.12. The summed E-state index contributed by atoms with van der Waals surface area (Å²) in [7, 11) is 1.93. The molecule has 0 bridgehead atoms. The van der Waals surface area contributed by atoms with Crippen LogP contribution in [0.25, 0.3) is 22.2 Å². The number of benzene rings is 2. The van der Waals surface area contributed by atoms with Crippen molar-refractivity contribution in [2.24, 2.45) is 5.92 Å². The molecule has 0 radical (unpaired) electrons. The quantitative estimate of drug-likeness (QED) is 0.540. The lowest BCUT2D eigenvalue weighted by Crippen LogP contribution is -2.34. The molecule has 6 rings (SSSR count). The molecule has 1 aromatic heterocycles. The van der Waals surface area contributed by atoms with Crippen molar-refractivity contribution < 1.29 is 19.8 Å². The van der Waals surface area contributed by atoms with Crippen LogP contribution in [0.15, 0.2) is 42.5 Å². The van der Waals surface area contributed by atoms with Crippen molar-refractivity contribution in [3.05, 3.63) is 59.2 Å². The van der Waals surface area contributed by atoms with Gasteiger partial charge in [0.1, 0.15) is 6.04 Å². The fraction of sp³-hybridized carbons (Fsp3) is 0.429. The van der Waals surface area contributed by atoms with Crippen LogP contribution in [0.4, 0.5) is 0 Å². The zero-order valence-corrected chi connectivity index (χ0v) is 19.4. The Labute approximate surface area is 198 Å². The number of aliphatic carboxylic acids is 1. The third-order valence-electron chi connectivity index (χ3n) is 8.50. The summed E-state index contributed by atoms with van der Waals surface area (Å²) in [6.45, 7) is 0.690. The Morgan fingerprint density at radius 3 is 2.50 bits per heavy atom. The second-order valence-electron chi connectivity index (χ2n) is 10.3. The molecule has 2 N–H and O–H groups in total. The first-order valence-electron chi connectivity index (χ1n) is 12.4. The van der Waals surface area contributed by atoms with E-state index >= 15 is 0 Å². The number of likely N-dealkylation sites (tertiary alicyclic amines) is 1. The van der Waals surface area contributed by atoms with E-state index in [1.165, 1.54) is 41.6 Å². The Balaban J connectivity index is 1.64. The summed E-state index contributed by atoms with van der Waals surface area (Å²) in [4.78, 5) is 25.9. The fourth-order valence-corrected chi connectivity index (χ4v) is 7.03. The first-order chi connectivity index (χ1) is 16.5. The Morgan fingerprint density at radius 2 is 1.76 bits per heavy atom. The Hall–Kier alpha value is -3.12. The number of carboxylic acids is 2. The maximum absolute atomic E-state index is 12.0. The van der Waals surface area contributed by atoms with Gasteiger partial charge in [-0.15, -0.1) is 0 Å². The van der Waals surface area contributed by atoms with Crippen LogP contribution in [0.2, 0.25) is 0 Å². The molecule has 3 heterocycles. The highest BCUT2D eigenvalue weighted by molar-refractivity contribution is 5.98. The maximum Gasteiger partial charge on any atom is 0.335 e. The van der Waals surface area contributed by atoms with E-state index in [9.17, 15) is 19.8 Å². The van der Waals surface area contributed by atoms with Gasteiger partial charge in [-0.1, -0.05) is 49.6 Å². The number of likely N-dealkylation sites (N-methyl/N-ethyl adjacent to an activating group) is 1. The van der Waals surface area contributed by atoms with Crippen LogP contribution in [-0.2, 0) is 11.3 Å². The van der Waals surface area contributed by atoms with Crippen LogP contribution < -0.4 is 0 Å². The first kappa shape index (κ1) is 21.4. The van der Waals surface area contributed by atoms with E-state index in [2.05, 4.69) is 28.8 Å². The van der Waals surface area contributed by atoms with Crippen LogP contribution in [0.5, 0.6) is 0 Å². The van der Waals surface area contributed by atoms with Crippen LogP contribution in [0.1, 0.15) is 72.0 Å². The molecule has 1 aliphatic carbocycles. The average Bonchev–Trinajstić information content (AvgIpc) is 3.29. The lowest BCUT2D eigenvalue weighted by atomic mass is 9.81. The number of aromatic carboxylic acids is 1. The van der Waals surface area contributed by atoms with E-state index in [0.717, 1.165) is 23.7 Å². The van der Waals surface area contributed by atoms with E-state index in [0.29, 0.717) is 24.4 Å². The molecule has 6 nitrogen and oxygen atoms in total. The number of fused-ring (bicyclic) bond motifs is 7. The molecule has 34 heavy (non-hydrogen) atoms. The topological polar surface area (TPSA) is 82.8 Å². The number of hydrogen-bond acceptors (Lipinski definition) is 3. The lowest BCUT2D eigenvalue weighted by molar-refractivity contribution is -0.142. The van der Waals surface area contributed by atoms with E-state index < -0.39 is 18.0 Å². The molecule has 1 unspecified atom stereocenters. The molecule has 6 heteroatoms. The predicted octanol–water partition coefficient (Wildman–Crippen LogP) is 5.51. The minimum atomic E-state index is -0.921. The largest absolute Gasteiger partial charge is 0.480 e. The number of carboxylic acid groups (broad SMARTS) is 2. The Morgan fingerprint density at radius 1 is 1.00 bits per heavy atom. The zero-order chi connectivity index (χ0) is 23.6. The molecule has 2 aliphatic heterocycles. The van der Waals surface area contributed by atoms with Gasteiger partial charge in [0.25, 0.3) is 0 Å². The summed E-state index contributed by atoms with van der Waals surface area (Å²) in [5.41, 5.74) is 6.19. The molecule has 176 valence electrons. The first-order valence-corrected chi connectivity index (χ1v) is 12.4. The molecule has 2 fully saturated rings. The van der Waals surface area contributed by atoms with Crippen molar-refractivity contribution >= 4 is 22.8 Å². The van der Waals surface area contributed by atoms with Gasteiger partial charge >= 0.3 is 11.9 Å². The van der Waals surface area contributed by atoms with Gasteiger partial charge in [0.15, 0.2) is 0 Å². The molecule has 3 aliphatic rings. The molecule has 2 aromatic carbocycles. The molecule has 1 saturated heterocycles. The third-order valence-corrected chi connectivity index (χ3v) is 8.50. The highest BCUT2D eigenvalue weighted by Gasteiger charge is 2.46. The summed E-state index contributed by atoms with van der Waals surface area (Å²) in [5.74, 6) is -1.10. The van der Waals surface area contributed by atoms with Gasteiger partial charge in [-0.25, -0.2) is 4.79 Å². The fourth-order valence-electron chi connectivity index (χ4n) is 7.03. The van der Waals surface area contributed by atoms with Crippen molar-refractivity contribution in [1.29, 1.82) is 0 Å². The van der Waals surface area contributed by atoms with Gasteiger partial charge in [-0.2, -0.15) is 0 Å². The van der Waals surface area contributed by atoms with E-state index in [-0.39, 0.29) is 12.0 Å². The second-order valence-corrected chi connectivity index (χ2v) is 10.3. The predicted molar refractivity (Wildman–Crippen MR) is 130 cm³/mol. The van der Waals surface area contributed by atoms with Gasteiger partial charge in [-0.3, -0.25) is 9.69 Å². The average molecular weight is 459 g/mol. The van der Waals surface area contributed by atoms with Crippen LogP contribution in [0.3, 0.4) is 0 Å². The number of nitrogens with zero attached hydrogens (tertiary/aromatic N) is 2. The van der Waals surface area contributed by atoms with Crippen molar-refractivity contribution in [2.75, 3.05) is 7.05 Å². The molecule has 3 aromatic rings. The van der Waals surface area contributed by atoms with Crippen molar-refractivity contribution in [3.8, 4) is 11.3 Å². The Kier molecular flexibility index (Phi) is 5.03. The van der Waals surface area contributed by atoms with Gasteiger partial charge in [0, 0.05) is 29.1 Å². The summed E-state index contributed by atoms with van der Waals surface area (Å²) < 4.78 is 2.33. The summed E-state index contributed by atoms with van der Waals surface area (Å²) >= 11 is 0. The van der Waals surface area contributed by atoms with Gasteiger partial charge < -0.3 is 14.8 Å². The molecular weight excluding hydrogens is 428 g/mol. The van der Waals surface area contributed by atoms with Gasteiger partial charge in [0.05, 0.1) is 11.3 Å². The molecule has 1 saturated carbocycles. The molecule has 0 amide bonds. The van der Waals surface area contributed by atoms with Crippen molar-refractivity contribution in [3.63, 3.8) is 0 Å². The van der Waals surface area contributed by atoms with E-state index in [4.69, 9.17) is 0 Å². The number of carbonyl (C=O) groups is 2. The number of hydrogen-bond donors (Lipinski definition) is 2.